The van der Waals surface area contributed by atoms with Crippen molar-refractivity contribution in [2.24, 2.45) is 0 Å². The van der Waals surface area contributed by atoms with Gasteiger partial charge in [-0.25, -0.2) is 9.78 Å². The molecule has 1 aromatic rings. The van der Waals surface area contributed by atoms with Crippen LogP contribution in [-0.2, 0) is 14.3 Å². The van der Waals surface area contributed by atoms with E-state index in [1.807, 2.05) is 5.32 Å². The van der Waals surface area contributed by atoms with Gasteiger partial charge in [0.05, 0.1) is 13.0 Å². The zero-order valence-electron chi connectivity index (χ0n) is 13.6. The van der Waals surface area contributed by atoms with Crippen molar-refractivity contribution in [3.63, 3.8) is 0 Å². The number of nitrogens with one attached hydrogen (secondary N) is 1. The maximum atomic E-state index is 12.5. The molecule has 0 bridgehead atoms. The van der Waals surface area contributed by atoms with Crippen LogP contribution in [0.1, 0.15) is 23.1 Å². The summed E-state index contributed by atoms with van der Waals surface area (Å²) in [6.07, 6.45) is -4.51. The molecule has 0 radical (unpaired) electrons. The number of carbonyl (C=O) groups is 3. The summed E-state index contributed by atoms with van der Waals surface area (Å²) in [6, 6.07) is -1.79. The fourth-order valence-electron chi connectivity index (χ4n) is 2.49. The lowest BCUT2D eigenvalue weighted by Gasteiger charge is -2.18. The number of rotatable bonds is 7. The SMILES string of the molecule is O=C(O)C[C@H](NC(=O)c1nccn(C2OC(CO)C(O)C2O)c1=O)C(=O)O. The van der Waals surface area contributed by atoms with E-state index < -0.39 is 72.7 Å². The van der Waals surface area contributed by atoms with Crippen molar-refractivity contribution >= 4 is 17.8 Å². The van der Waals surface area contributed by atoms with Crippen molar-refractivity contribution in [3.8, 4) is 0 Å². The van der Waals surface area contributed by atoms with E-state index in [0.29, 0.717) is 0 Å². The smallest absolute Gasteiger partial charge is 0.326 e. The molecule has 1 aliphatic rings. The van der Waals surface area contributed by atoms with Gasteiger partial charge in [-0.2, -0.15) is 0 Å². The molecule has 1 fully saturated rings. The number of carboxylic acids is 2. The van der Waals surface area contributed by atoms with E-state index in [4.69, 9.17) is 20.1 Å². The van der Waals surface area contributed by atoms with Gasteiger partial charge in [0.2, 0.25) is 0 Å². The molecular weight excluding hydrogens is 370 g/mol. The summed E-state index contributed by atoms with van der Waals surface area (Å²) in [7, 11) is 0. The molecule has 0 aliphatic carbocycles. The van der Waals surface area contributed by atoms with Crippen LogP contribution in [0.25, 0.3) is 0 Å². The Morgan fingerprint density at radius 1 is 1.26 bits per heavy atom. The highest BCUT2D eigenvalue weighted by atomic mass is 16.6. The van der Waals surface area contributed by atoms with Gasteiger partial charge in [-0.1, -0.05) is 0 Å². The number of carbonyl (C=O) groups excluding carboxylic acids is 1. The van der Waals surface area contributed by atoms with Crippen LogP contribution in [0.5, 0.6) is 0 Å². The Balaban J connectivity index is 2.29. The number of aliphatic carboxylic acids is 2. The number of hydrogen-bond donors (Lipinski definition) is 6. The number of aromatic nitrogens is 2. The Hall–Kier alpha value is -2.87. The maximum absolute atomic E-state index is 12.5. The van der Waals surface area contributed by atoms with E-state index in [9.17, 15) is 29.4 Å². The third kappa shape index (κ3) is 4.28. The Bertz CT molecular complexity index is 794. The van der Waals surface area contributed by atoms with Gasteiger partial charge in [-0.05, 0) is 0 Å². The first kappa shape index (κ1) is 20.4. The van der Waals surface area contributed by atoms with Crippen LogP contribution in [0.2, 0.25) is 0 Å². The molecule has 1 aromatic heterocycles. The molecule has 0 saturated carbocycles. The second-order valence-electron chi connectivity index (χ2n) is 5.68. The van der Waals surface area contributed by atoms with Crippen LogP contribution in [0.3, 0.4) is 0 Å². The van der Waals surface area contributed by atoms with E-state index in [1.165, 1.54) is 0 Å². The lowest BCUT2D eigenvalue weighted by Crippen LogP contribution is -2.45. The molecule has 148 valence electrons. The van der Waals surface area contributed by atoms with Gasteiger partial charge in [0.1, 0.15) is 24.4 Å². The quantitative estimate of drug-likeness (QED) is 0.270. The van der Waals surface area contributed by atoms with Crippen LogP contribution in [0, 0.1) is 0 Å². The molecule has 5 atom stereocenters. The van der Waals surface area contributed by atoms with Gasteiger partial charge in [-0.3, -0.25) is 19.0 Å². The molecule has 1 aliphatic heterocycles. The molecule has 2 rings (SSSR count). The summed E-state index contributed by atoms with van der Waals surface area (Å²) in [5.74, 6) is -4.34. The summed E-state index contributed by atoms with van der Waals surface area (Å²) in [6.45, 7) is -0.628. The van der Waals surface area contributed by atoms with E-state index in [2.05, 4.69) is 4.98 Å². The first-order valence-corrected chi connectivity index (χ1v) is 7.62. The first-order valence-electron chi connectivity index (χ1n) is 7.62. The Kier molecular flexibility index (Phi) is 6.22. The predicted octanol–water partition coefficient (Wildman–Crippen LogP) is -3.49. The van der Waals surface area contributed by atoms with Crippen molar-refractivity contribution < 1.29 is 44.7 Å². The normalized spacial score (nSPS) is 25.7. The molecule has 27 heavy (non-hydrogen) atoms. The van der Waals surface area contributed by atoms with Crippen LogP contribution in [-0.4, -0.2) is 83.9 Å². The summed E-state index contributed by atoms with van der Waals surface area (Å²) < 4.78 is 5.94. The fraction of sp³-hybridized carbons (Fsp3) is 0.500. The second-order valence-corrected chi connectivity index (χ2v) is 5.68. The minimum atomic E-state index is -1.79. The van der Waals surface area contributed by atoms with Gasteiger partial charge < -0.3 is 35.6 Å². The number of carboxylic acid groups (broad SMARTS) is 2. The number of ether oxygens (including phenoxy) is 1. The van der Waals surface area contributed by atoms with Crippen LogP contribution in [0.15, 0.2) is 17.2 Å². The zero-order valence-corrected chi connectivity index (χ0v) is 13.6. The summed E-state index contributed by atoms with van der Waals surface area (Å²) >= 11 is 0. The summed E-state index contributed by atoms with van der Waals surface area (Å²) in [5.41, 5.74) is -1.85. The standard InChI is InChI=1S/C14H17N3O10/c18-4-6-9(21)10(22)13(27-6)17-2-1-15-8(12(17)24)11(23)16-5(14(25)26)3-7(19)20/h1-2,5-6,9-10,13,18,21-22H,3-4H2,(H,16,23)(H,19,20)(H,25,26)/t5-,6?,9?,10?,13?/m0/s1. The highest BCUT2D eigenvalue weighted by Gasteiger charge is 2.44. The third-order valence-electron chi connectivity index (χ3n) is 3.86. The van der Waals surface area contributed by atoms with Gasteiger partial charge in [-0.15, -0.1) is 0 Å². The molecule has 1 amide bonds. The van der Waals surface area contributed by atoms with Crippen molar-refractivity contribution in [1.82, 2.24) is 14.9 Å². The second kappa shape index (κ2) is 8.22. The highest BCUT2D eigenvalue weighted by molar-refractivity contribution is 5.95. The molecule has 2 heterocycles. The number of aliphatic hydroxyl groups excluding tert-OH is 3. The minimum Gasteiger partial charge on any atom is -0.481 e. The molecule has 0 aromatic carbocycles. The van der Waals surface area contributed by atoms with Crippen LogP contribution in [0.4, 0.5) is 0 Å². The van der Waals surface area contributed by atoms with Gasteiger partial charge in [0, 0.05) is 12.4 Å². The van der Waals surface area contributed by atoms with Gasteiger partial charge in [0.15, 0.2) is 11.9 Å². The van der Waals surface area contributed by atoms with E-state index in [-0.39, 0.29) is 0 Å². The monoisotopic (exact) mass is 387 g/mol. The van der Waals surface area contributed by atoms with Gasteiger partial charge >= 0.3 is 11.9 Å². The van der Waals surface area contributed by atoms with E-state index in [1.54, 1.807) is 0 Å². The summed E-state index contributed by atoms with van der Waals surface area (Å²) in [5, 5.41) is 48.3. The lowest BCUT2D eigenvalue weighted by atomic mass is 10.1. The number of hydrogen-bond acceptors (Lipinski definition) is 9. The molecule has 6 N–H and O–H groups in total. The number of aliphatic hydroxyl groups is 3. The Morgan fingerprint density at radius 2 is 1.93 bits per heavy atom. The fourth-order valence-corrected chi connectivity index (χ4v) is 2.49. The van der Waals surface area contributed by atoms with E-state index in [0.717, 1.165) is 17.0 Å². The van der Waals surface area contributed by atoms with Crippen molar-refractivity contribution in [3.05, 3.63) is 28.4 Å². The highest BCUT2D eigenvalue weighted by Crippen LogP contribution is 2.27. The Morgan fingerprint density at radius 3 is 2.44 bits per heavy atom. The van der Waals surface area contributed by atoms with Gasteiger partial charge in [0.25, 0.3) is 11.5 Å². The minimum absolute atomic E-state index is 0.628. The average Bonchev–Trinajstić information content (AvgIpc) is 2.88. The molecular formula is C14H17N3O10. The maximum Gasteiger partial charge on any atom is 0.326 e. The van der Waals surface area contributed by atoms with Crippen LogP contribution >= 0.6 is 0 Å². The Labute approximate surface area is 150 Å². The predicted molar refractivity (Wildman–Crippen MR) is 82.6 cm³/mol. The van der Waals surface area contributed by atoms with E-state index >= 15 is 0 Å². The van der Waals surface area contributed by atoms with Crippen molar-refractivity contribution in [2.75, 3.05) is 6.61 Å². The zero-order chi connectivity index (χ0) is 20.3. The van der Waals surface area contributed by atoms with Crippen molar-refractivity contribution in [1.29, 1.82) is 0 Å². The average molecular weight is 387 g/mol. The third-order valence-corrected chi connectivity index (χ3v) is 3.86. The lowest BCUT2D eigenvalue weighted by molar-refractivity contribution is -0.145. The van der Waals surface area contributed by atoms with Crippen LogP contribution < -0.4 is 10.9 Å². The largest absolute Gasteiger partial charge is 0.481 e. The molecule has 13 nitrogen and oxygen atoms in total. The number of amides is 1. The molecule has 13 heteroatoms. The molecule has 1 saturated heterocycles. The topological polar surface area (TPSA) is 209 Å². The van der Waals surface area contributed by atoms with Crippen molar-refractivity contribution in [2.45, 2.75) is 37.0 Å². The summed E-state index contributed by atoms with van der Waals surface area (Å²) in [4.78, 5) is 49.9. The molecule has 4 unspecified atom stereocenters. The molecule has 0 spiro atoms. The first-order chi connectivity index (χ1) is 12.7. The number of nitrogens with zero attached hydrogens (tertiary/aromatic N) is 2.